The molecule has 0 bridgehead atoms. The lowest BCUT2D eigenvalue weighted by atomic mass is 9.78. The van der Waals surface area contributed by atoms with Crippen LogP contribution < -0.4 is 11.1 Å². The molecule has 1 fully saturated rings. The van der Waals surface area contributed by atoms with Crippen molar-refractivity contribution in [2.75, 3.05) is 5.73 Å². The first-order valence-electron chi connectivity index (χ1n) is 5.14. The van der Waals surface area contributed by atoms with Gasteiger partial charge in [0.2, 0.25) is 0 Å². The fourth-order valence-electron chi connectivity index (χ4n) is 1.75. The van der Waals surface area contributed by atoms with Crippen molar-refractivity contribution in [3.05, 3.63) is 23.9 Å². The van der Waals surface area contributed by atoms with E-state index in [1.165, 1.54) is 6.42 Å². The summed E-state index contributed by atoms with van der Waals surface area (Å²) in [5.41, 5.74) is 5.87. The van der Waals surface area contributed by atoms with Crippen molar-refractivity contribution in [1.82, 2.24) is 10.3 Å². The molecule has 0 saturated heterocycles. The van der Waals surface area contributed by atoms with E-state index in [2.05, 4.69) is 17.2 Å². The number of anilines is 1. The van der Waals surface area contributed by atoms with E-state index < -0.39 is 0 Å². The van der Waals surface area contributed by atoms with Crippen LogP contribution in [-0.4, -0.2) is 16.4 Å². The number of amides is 1. The minimum absolute atomic E-state index is 0.0383. The monoisotopic (exact) mass is 205 g/mol. The first-order valence-corrected chi connectivity index (χ1v) is 5.14. The third-order valence-corrected chi connectivity index (χ3v) is 2.88. The van der Waals surface area contributed by atoms with Crippen LogP contribution in [0.4, 0.5) is 5.82 Å². The molecule has 3 N–H and O–H groups in total. The molecular weight excluding hydrogens is 190 g/mol. The summed E-state index contributed by atoms with van der Waals surface area (Å²) in [6.45, 7) is 2.06. The summed E-state index contributed by atoms with van der Waals surface area (Å²) in [7, 11) is 0. The van der Waals surface area contributed by atoms with Crippen LogP contribution >= 0.6 is 0 Å². The average Bonchev–Trinajstić information content (AvgIpc) is 2.15. The largest absolute Gasteiger partial charge is 0.384 e. The van der Waals surface area contributed by atoms with E-state index in [1.54, 1.807) is 18.2 Å². The maximum Gasteiger partial charge on any atom is 0.270 e. The first kappa shape index (κ1) is 9.96. The van der Waals surface area contributed by atoms with Crippen molar-refractivity contribution >= 4 is 11.7 Å². The van der Waals surface area contributed by atoms with E-state index in [1.807, 2.05) is 0 Å². The van der Waals surface area contributed by atoms with Gasteiger partial charge in [0.25, 0.3) is 5.91 Å². The molecule has 1 aromatic rings. The zero-order valence-corrected chi connectivity index (χ0v) is 8.79. The van der Waals surface area contributed by atoms with Crippen molar-refractivity contribution < 1.29 is 4.79 Å². The van der Waals surface area contributed by atoms with Crippen LogP contribution in [0.1, 0.15) is 36.7 Å². The first-order chi connectivity index (χ1) is 7.09. The van der Waals surface area contributed by atoms with Gasteiger partial charge in [-0.2, -0.15) is 0 Å². The molecule has 15 heavy (non-hydrogen) atoms. The van der Waals surface area contributed by atoms with Crippen molar-refractivity contribution in [3.8, 4) is 0 Å². The summed E-state index contributed by atoms with van der Waals surface area (Å²) in [5.74, 6) is 0.242. The fourth-order valence-corrected chi connectivity index (χ4v) is 1.75. The number of rotatable bonds is 2. The number of pyridine rings is 1. The van der Waals surface area contributed by atoms with Gasteiger partial charge in [0.05, 0.1) is 0 Å². The number of nitrogens with zero attached hydrogens (tertiary/aromatic N) is 1. The highest BCUT2D eigenvalue weighted by molar-refractivity contribution is 5.93. The van der Waals surface area contributed by atoms with E-state index in [0.29, 0.717) is 11.5 Å². The van der Waals surface area contributed by atoms with Crippen molar-refractivity contribution in [1.29, 1.82) is 0 Å². The molecule has 4 heteroatoms. The van der Waals surface area contributed by atoms with Gasteiger partial charge in [-0.05, 0) is 38.3 Å². The molecule has 1 aliphatic carbocycles. The molecule has 0 radical (unpaired) electrons. The van der Waals surface area contributed by atoms with Crippen LogP contribution in [0.3, 0.4) is 0 Å². The molecule has 1 amide bonds. The lowest BCUT2D eigenvalue weighted by molar-refractivity contribution is 0.0845. The lowest BCUT2D eigenvalue weighted by Crippen LogP contribution is -2.51. The molecular formula is C11H15N3O. The van der Waals surface area contributed by atoms with Crippen LogP contribution in [0, 0.1) is 0 Å². The lowest BCUT2D eigenvalue weighted by Gasteiger charge is -2.38. The number of nitrogens with two attached hydrogens (primary N) is 1. The Balaban J connectivity index is 2.08. The number of aromatic nitrogens is 1. The molecule has 0 unspecified atom stereocenters. The second kappa shape index (κ2) is 3.53. The summed E-state index contributed by atoms with van der Waals surface area (Å²) in [5, 5.41) is 2.98. The van der Waals surface area contributed by atoms with Crippen LogP contribution in [-0.2, 0) is 0 Å². The van der Waals surface area contributed by atoms with E-state index in [9.17, 15) is 4.79 Å². The van der Waals surface area contributed by atoms with Gasteiger partial charge in [-0.15, -0.1) is 0 Å². The van der Waals surface area contributed by atoms with E-state index >= 15 is 0 Å². The number of carbonyl (C=O) groups excluding carboxylic acids is 1. The number of nitrogens with one attached hydrogen (secondary N) is 1. The van der Waals surface area contributed by atoms with Gasteiger partial charge in [0.1, 0.15) is 11.5 Å². The van der Waals surface area contributed by atoms with Gasteiger partial charge in [-0.3, -0.25) is 4.79 Å². The van der Waals surface area contributed by atoms with Crippen LogP contribution in [0.2, 0.25) is 0 Å². The Bertz CT molecular complexity index is 385. The maximum absolute atomic E-state index is 11.8. The predicted molar refractivity (Wildman–Crippen MR) is 58.4 cm³/mol. The number of hydrogen-bond donors (Lipinski definition) is 2. The molecule has 1 saturated carbocycles. The Morgan fingerprint density at radius 3 is 2.80 bits per heavy atom. The zero-order chi connectivity index (χ0) is 10.9. The maximum atomic E-state index is 11.8. The molecule has 0 atom stereocenters. The van der Waals surface area contributed by atoms with Crippen LogP contribution in [0.25, 0.3) is 0 Å². The molecule has 4 nitrogen and oxygen atoms in total. The van der Waals surface area contributed by atoms with Crippen molar-refractivity contribution in [3.63, 3.8) is 0 Å². The third kappa shape index (κ3) is 2.09. The average molecular weight is 205 g/mol. The minimum Gasteiger partial charge on any atom is -0.384 e. The highest BCUT2D eigenvalue weighted by atomic mass is 16.2. The van der Waals surface area contributed by atoms with E-state index in [4.69, 9.17) is 5.73 Å². The number of nitrogen functional groups attached to an aromatic ring is 1. The highest BCUT2D eigenvalue weighted by Gasteiger charge is 2.33. The zero-order valence-electron chi connectivity index (χ0n) is 8.79. The normalized spacial score (nSPS) is 17.9. The van der Waals surface area contributed by atoms with Gasteiger partial charge < -0.3 is 11.1 Å². The highest BCUT2D eigenvalue weighted by Crippen LogP contribution is 2.31. The fraction of sp³-hybridized carbons (Fsp3) is 0.455. The van der Waals surface area contributed by atoms with Crippen LogP contribution in [0.15, 0.2) is 18.2 Å². The Hall–Kier alpha value is -1.58. The van der Waals surface area contributed by atoms with Gasteiger partial charge in [0, 0.05) is 5.54 Å². The Morgan fingerprint density at radius 2 is 2.27 bits per heavy atom. The van der Waals surface area contributed by atoms with Gasteiger partial charge in [-0.1, -0.05) is 6.07 Å². The summed E-state index contributed by atoms with van der Waals surface area (Å²) < 4.78 is 0. The molecule has 80 valence electrons. The Labute approximate surface area is 88.9 Å². The minimum atomic E-state index is -0.135. The Kier molecular flexibility index (Phi) is 2.34. The number of carbonyl (C=O) groups is 1. The van der Waals surface area contributed by atoms with Crippen molar-refractivity contribution in [2.45, 2.75) is 31.7 Å². The van der Waals surface area contributed by atoms with Gasteiger partial charge >= 0.3 is 0 Å². The molecule has 0 aromatic carbocycles. The summed E-state index contributed by atoms with van der Waals surface area (Å²) in [4.78, 5) is 15.8. The van der Waals surface area contributed by atoms with Gasteiger partial charge in [0.15, 0.2) is 0 Å². The van der Waals surface area contributed by atoms with E-state index in [-0.39, 0.29) is 11.4 Å². The summed E-state index contributed by atoms with van der Waals surface area (Å²) in [6.07, 6.45) is 3.27. The van der Waals surface area contributed by atoms with Crippen LogP contribution in [0.5, 0.6) is 0 Å². The quantitative estimate of drug-likeness (QED) is 0.765. The molecule has 2 rings (SSSR count). The van der Waals surface area contributed by atoms with Gasteiger partial charge in [-0.25, -0.2) is 4.98 Å². The predicted octanol–water partition coefficient (Wildman–Crippen LogP) is 1.34. The molecule has 0 aliphatic heterocycles. The second-order valence-corrected chi connectivity index (χ2v) is 4.32. The third-order valence-electron chi connectivity index (χ3n) is 2.88. The number of hydrogen-bond acceptors (Lipinski definition) is 3. The Morgan fingerprint density at radius 1 is 1.53 bits per heavy atom. The summed E-state index contributed by atoms with van der Waals surface area (Å²) in [6, 6.07) is 5.08. The summed E-state index contributed by atoms with van der Waals surface area (Å²) >= 11 is 0. The topological polar surface area (TPSA) is 68.0 Å². The molecule has 1 aliphatic rings. The van der Waals surface area contributed by atoms with Crippen molar-refractivity contribution in [2.24, 2.45) is 0 Å². The smallest absolute Gasteiger partial charge is 0.270 e. The second-order valence-electron chi connectivity index (χ2n) is 4.32. The molecule has 0 spiro atoms. The standard InChI is InChI=1S/C11H15N3O/c1-11(6-3-7-11)14-10(15)8-4-2-5-9(12)13-8/h2,4-5H,3,6-7H2,1H3,(H2,12,13)(H,14,15). The molecule has 1 aromatic heterocycles. The van der Waals surface area contributed by atoms with E-state index in [0.717, 1.165) is 12.8 Å². The molecule has 1 heterocycles. The SMILES string of the molecule is CC1(NC(=O)c2cccc(N)n2)CCC1.